The molecule has 0 aliphatic carbocycles. The van der Waals surface area contributed by atoms with Crippen molar-refractivity contribution in [2.45, 2.75) is 57.2 Å². The van der Waals surface area contributed by atoms with E-state index in [2.05, 4.69) is 50.4 Å². The van der Waals surface area contributed by atoms with Crippen molar-refractivity contribution in [3.8, 4) is 0 Å². The average molecular weight is 506 g/mol. The Bertz CT molecular complexity index is 894. The van der Waals surface area contributed by atoms with Gasteiger partial charge in [-0.2, -0.15) is 0 Å². The highest BCUT2D eigenvalue weighted by Crippen LogP contribution is 2.36. The monoisotopic (exact) mass is 505 g/mol. The summed E-state index contributed by atoms with van der Waals surface area (Å²) in [7, 11) is -1.47. The Morgan fingerprint density at radius 3 is 1.82 bits per heavy atom. The third-order valence-electron chi connectivity index (χ3n) is 5.96. The summed E-state index contributed by atoms with van der Waals surface area (Å²) in [5, 5.41) is 13.3. The number of carbonyl (C=O) groups is 2. The number of rotatable bonds is 11. The third kappa shape index (κ3) is 6.27. The van der Waals surface area contributed by atoms with Crippen LogP contribution in [0.5, 0.6) is 0 Å². The van der Waals surface area contributed by atoms with E-state index in [1.165, 1.54) is 7.11 Å². The maximum absolute atomic E-state index is 13.0. The maximum atomic E-state index is 13.0. The quantitative estimate of drug-likeness (QED) is 0.361. The second-order valence-electron chi connectivity index (χ2n) is 9.71. The summed E-state index contributed by atoms with van der Waals surface area (Å²) in [5.74, 6) is -1.90. The van der Waals surface area contributed by atoms with Crippen LogP contribution in [0.3, 0.4) is 0 Å². The van der Waals surface area contributed by atoms with E-state index < -0.39 is 37.7 Å². The fourth-order valence-corrected chi connectivity index (χ4v) is 8.85. The van der Waals surface area contributed by atoms with Gasteiger partial charge in [-0.25, -0.2) is 4.79 Å². The second kappa shape index (κ2) is 12.0. The molecular formula is C26H36ClNO5Si. The first-order valence-electron chi connectivity index (χ1n) is 11.4. The van der Waals surface area contributed by atoms with Crippen LogP contribution in [0, 0.1) is 5.92 Å². The number of carbonyl (C=O) groups excluding carboxylic acids is 1. The van der Waals surface area contributed by atoms with E-state index in [0.29, 0.717) is 0 Å². The molecule has 0 saturated carbocycles. The van der Waals surface area contributed by atoms with Crippen molar-refractivity contribution in [1.82, 2.24) is 5.32 Å². The van der Waals surface area contributed by atoms with Gasteiger partial charge < -0.3 is 19.6 Å². The molecule has 8 heteroatoms. The number of carboxylic acids is 1. The second-order valence-corrected chi connectivity index (χ2v) is 14.5. The Morgan fingerprint density at radius 2 is 1.47 bits per heavy atom. The molecule has 6 nitrogen and oxygen atoms in total. The molecule has 0 unspecified atom stereocenters. The molecule has 0 heterocycles. The molecule has 0 aromatic heterocycles. The molecular weight excluding hydrogens is 470 g/mol. The molecule has 0 aliphatic heterocycles. The van der Waals surface area contributed by atoms with Crippen LogP contribution < -0.4 is 15.7 Å². The zero-order valence-electron chi connectivity index (χ0n) is 20.7. The van der Waals surface area contributed by atoms with Crippen LogP contribution >= 0.6 is 11.6 Å². The number of carboxylic acid groups (broad SMARTS) is 1. The van der Waals surface area contributed by atoms with Crippen LogP contribution in [0.25, 0.3) is 0 Å². The number of alkyl halides is 1. The molecule has 0 spiro atoms. The SMILES string of the molecule is CO[C@H](CO[Si](c1ccccc1)(c1ccccc1)C(C)(C)C)C(=O)N[C@@H](C(=O)O)[C@H](Cl)C(C)C. The standard InChI is InChI=1S/C26H36ClNO5Si/c1-18(2)22(27)23(25(30)31)28-24(29)21(32-6)17-33-34(26(3,4)5,19-13-9-7-10-14-19)20-15-11-8-12-16-20/h7-16,18,21-23H,17H2,1-6H3,(H,28,29)(H,30,31)/t21-,22-,23-/m1/s1. The van der Waals surface area contributed by atoms with E-state index >= 15 is 0 Å². The van der Waals surface area contributed by atoms with Gasteiger partial charge in [0.05, 0.1) is 12.0 Å². The first kappa shape index (κ1) is 28.0. The normalized spacial score (nSPS) is 14.9. The highest BCUT2D eigenvalue weighted by atomic mass is 35.5. The summed E-state index contributed by atoms with van der Waals surface area (Å²) >= 11 is 6.28. The molecule has 0 bridgehead atoms. The van der Waals surface area contributed by atoms with Gasteiger partial charge in [0.15, 0.2) is 6.10 Å². The van der Waals surface area contributed by atoms with Gasteiger partial charge in [0.2, 0.25) is 0 Å². The number of hydrogen-bond acceptors (Lipinski definition) is 4. The summed E-state index contributed by atoms with van der Waals surface area (Å²) < 4.78 is 12.2. The molecule has 2 aromatic rings. The maximum Gasteiger partial charge on any atom is 0.327 e. The van der Waals surface area contributed by atoms with E-state index in [9.17, 15) is 14.7 Å². The number of hydrogen-bond donors (Lipinski definition) is 2. The molecule has 3 atom stereocenters. The van der Waals surface area contributed by atoms with E-state index in [1.54, 1.807) is 13.8 Å². The van der Waals surface area contributed by atoms with Gasteiger partial charge in [0.1, 0.15) is 6.04 Å². The Labute approximate surface area is 208 Å². The summed E-state index contributed by atoms with van der Waals surface area (Å²) in [6, 6.07) is 18.9. The van der Waals surface area contributed by atoms with Crippen LogP contribution in [0.1, 0.15) is 34.6 Å². The van der Waals surface area contributed by atoms with E-state index in [0.717, 1.165) is 10.4 Å². The molecule has 2 rings (SSSR count). The number of aliphatic carboxylic acids is 1. The lowest BCUT2D eigenvalue weighted by Gasteiger charge is -2.43. The number of amides is 1. The molecule has 186 valence electrons. The molecule has 0 radical (unpaired) electrons. The Hall–Kier alpha value is -2.19. The molecule has 0 aliphatic rings. The fourth-order valence-electron chi connectivity index (χ4n) is 4.12. The summed E-state index contributed by atoms with van der Waals surface area (Å²) in [5.41, 5.74) is 0. The van der Waals surface area contributed by atoms with Gasteiger partial charge in [-0.05, 0) is 21.3 Å². The minimum atomic E-state index is -2.88. The summed E-state index contributed by atoms with van der Waals surface area (Å²) in [6.07, 6.45) is -1.00. The zero-order valence-corrected chi connectivity index (χ0v) is 22.5. The first-order valence-corrected chi connectivity index (χ1v) is 13.7. The zero-order chi connectivity index (χ0) is 25.5. The van der Waals surface area contributed by atoms with Gasteiger partial charge in [0.25, 0.3) is 14.2 Å². The lowest BCUT2D eigenvalue weighted by molar-refractivity contribution is -0.144. The van der Waals surface area contributed by atoms with E-state index in [4.69, 9.17) is 20.8 Å². The molecule has 2 aromatic carbocycles. The Balaban J connectivity index is 2.40. The highest BCUT2D eigenvalue weighted by Gasteiger charge is 2.50. The number of methoxy groups -OCH3 is 1. The molecule has 1 amide bonds. The summed E-state index contributed by atoms with van der Waals surface area (Å²) in [6.45, 7) is 10.0. The van der Waals surface area contributed by atoms with Crippen molar-refractivity contribution in [3.05, 3.63) is 60.7 Å². The number of halogens is 1. The summed E-state index contributed by atoms with van der Waals surface area (Å²) in [4.78, 5) is 24.8. The minimum Gasteiger partial charge on any atom is -0.480 e. The van der Waals surface area contributed by atoms with E-state index in [1.807, 2.05) is 36.4 Å². The molecule has 34 heavy (non-hydrogen) atoms. The molecule has 2 N–H and O–H groups in total. The van der Waals surface area contributed by atoms with Crippen molar-refractivity contribution >= 4 is 42.2 Å². The van der Waals surface area contributed by atoms with Crippen molar-refractivity contribution < 1.29 is 23.9 Å². The van der Waals surface area contributed by atoms with Crippen LogP contribution in [0.15, 0.2) is 60.7 Å². The van der Waals surface area contributed by atoms with Gasteiger partial charge >= 0.3 is 5.97 Å². The fraction of sp³-hybridized carbons (Fsp3) is 0.462. The number of benzene rings is 2. The number of ether oxygens (including phenoxy) is 1. The molecule has 0 fully saturated rings. The van der Waals surface area contributed by atoms with Crippen molar-refractivity contribution in [3.63, 3.8) is 0 Å². The van der Waals surface area contributed by atoms with Crippen LogP contribution in [0.4, 0.5) is 0 Å². The van der Waals surface area contributed by atoms with Crippen molar-refractivity contribution in [2.24, 2.45) is 5.92 Å². The Kier molecular flexibility index (Phi) is 9.88. The van der Waals surface area contributed by atoms with Gasteiger partial charge in [-0.1, -0.05) is 95.3 Å². The smallest absolute Gasteiger partial charge is 0.327 e. The average Bonchev–Trinajstić information content (AvgIpc) is 2.80. The van der Waals surface area contributed by atoms with Gasteiger partial charge in [0, 0.05) is 7.11 Å². The van der Waals surface area contributed by atoms with Crippen LogP contribution in [-0.4, -0.2) is 56.5 Å². The highest BCUT2D eigenvalue weighted by molar-refractivity contribution is 6.99. The van der Waals surface area contributed by atoms with Crippen LogP contribution in [0.2, 0.25) is 5.04 Å². The topological polar surface area (TPSA) is 84.9 Å². The van der Waals surface area contributed by atoms with Crippen LogP contribution in [-0.2, 0) is 18.8 Å². The number of nitrogens with one attached hydrogen (secondary N) is 1. The largest absolute Gasteiger partial charge is 0.480 e. The third-order valence-corrected chi connectivity index (χ3v) is 11.7. The first-order chi connectivity index (χ1) is 16.0. The predicted molar refractivity (Wildman–Crippen MR) is 138 cm³/mol. The van der Waals surface area contributed by atoms with Gasteiger partial charge in [-0.3, -0.25) is 4.79 Å². The minimum absolute atomic E-state index is 0.0312. The van der Waals surface area contributed by atoms with Crippen molar-refractivity contribution in [2.75, 3.05) is 13.7 Å². The lowest BCUT2D eigenvalue weighted by atomic mass is 10.0. The molecule has 0 saturated heterocycles. The predicted octanol–water partition coefficient (Wildman–Crippen LogP) is 3.41. The van der Waals surface area contributed by atoms with Crippen molar-refractivity contribution in [1.29, 1.82) is 0 Å². The van der Waals surface area contributed by atoms with Gasteiger partial charge in [-0.15, -0.1) is 11.6 Å². The van der Waals surface area contributed by atoms with E-state index in [-0.39, 0.29) is 17.6 Å². The Morgan fingerprint density at radius 1 is 1.00 bits per heavy atom. The lowest BCUT2D eigenvalue weighted by Crippen LogP contribution is -2.67.